The number of alkyl halides is 2. The second kappa shape index (κ2) is 11.9. The Labute approximate surface area is 238 Å². The van der Waals surface area contributed by atoms with Crippen LogP contribution < -0.4 is 4.90 Å². The lowest BCUT2D eigenvalue weighted by atomic mass is 10.0. The van der Waals surface area contributed by atoms with E-state index in [0.29, 0.717) is 67.1 Å². The fraction of sp³-hybridized carbons (Fsp3) is 0.419. The Balaban J connectivity index is 1.20. The molecule has 4 heterocycles. The number of nitrogens with zero attached hydrogens (tertiary/aromatic N) is 6. The van der Waals surface area contributed by atoms with Crippen LogP contribution in [-0.4, -0.2) is 69.7 Å². The molecule has 0 saturated carbocycles. The quantitative estimate of drug-likeness (QED) is 0.288. The Bertz CT molecular complexity index is 1530. The number of anilines is 1. The first-order valence-corrected chi connectivity index (χ1v) is 14.3. The highest BCUT2D eigenvalue weighted by atomic mass is 19.3. The Morgan fingerprint density at radius 3 is 2.61 bits per heavy atom. The lowest BCUT2D eigenvalue weighted by molar-refractivity contribution is 0.0786. The van der Waals surface area contributed by atoms with E-state index in [-0.39, 0.29) is 11.7 Å². The number of amides is 1. The van der Waals surface area contributed by atoms with Gasteiger partial charge in [0.1, 0.15) is 17.5 Å². The van der Waals surface area contributed by atoms with Crippen molar-refractivity contribution in [3.05, 3.63) is 77.4 Å². The molecule has 2 aliphatic heterocycles. The molecule has 2 fully saturated rings. The number of carbonyl (C=O) groups excluding carboxylic acids is 1. The number of ether oxygens (including phenoxy) is 1. The molecule has 0 radical (unpaired) electrons. The summed E-state index contributed by atoms with van der Waals surface area (Å²) < 4.78 is 35.2. The van der Waals surface area contributed by atoms with Crippen LogP contribution in [0.3, 0.4) is 0 Å². The van der Waals surface area contributed by atoms with Crippen LogP contribution in [0.5, 0.6) is 0 Å². The summed E-state index contributed by atoms with van der Waals surface area (Å²) in [6.07, 6.45) is 0.616. The number of likely N-dealkylation sites (tertiary alicyclic amines) is 1. The van der Waals surface area contributed by atoms with Gasteiger partial charge in [-0.25, -0.2) is 23.7 Å². The number of benzene rings is 2. The fourth-order valence-corrected chi connectivity index (χ4v) is 5.84. The van der Waals surface area contributed by atoms with Crippen LogP contribution in [0.2, 0.25) is 0 Å². The van der Waals surface area contributed by atoms with Gasteiger partial charge in [0.05, 0.1) is 24.2 Å². The lowest BCUT2D eigenvalue weighted by Crippen LogP contribution is -2.37. The zero-order valence-corrected chi connectivity index (χ0v) is 23.2. The Kier molecular flexibility index (Phi) is 7.91. The smallest absolute Gasteiger partial charge is 0.296 e. The van der Waals surface area contributed by atoms with Crippen LogP contribution in [0.15, 0.2) is 54.6 Å². The number of aromatic nitrogens is 4. The first kappa shape index (κ1) is 27.3. The van der Waals surface area contributed by atoms with Crippen molar-refractivity contribution in [3.8, 4) is 5.82 Å². The largest absolute Gasteiger partial charge is 0.378 e. The average molecular weight is 561 g/mol. The number of hydrogen-bond donors (Lipinski definition) is 0. The summed E-state index contributed by atoms with van der Waals surface area (Å²) in [6, 6.07) is 16.6. The van der Waals surface area contributed by atoms with Crippen molar-refractivity contribution in [3.63, 3.8) is 0 Å². The van der Waals surface area contributed by atoms with Crippen LogP contribution in [0.1, 0.15) is 53.3 Å². The number of halogens is 2. The van der Waals surface area contributed by atoms with E-state index in [1.807, 2.05) is 42.2 Å². The van der Waals surface area contributed by atoms with Gasteiger partial charge in [-0.15, -0.1) is 0 Å². The third-order valence-electron chi connectivity index (χ3n) is 7.94. The number of imidazole rings is 1. The molecular weight excluding hydrogens is 526 g/mol. The molecule has 0 unspecified atom stereocenters. The molecule has 6 rings (SSSR count). The Morgan fingerprint density at radius 2 is 1.80 bits per heavy atom. The second-order valence-electron chi connectivity index (χ2n) is 10.9. The molecule has 1 amide bonds. The summed E-state index contributed by atoms with van der Waals surface area (Å²) in [5.74, 6) is 1.90. The minimum Gasteiger partial charge on any atom is -0.378 e. The van der Waals surface area contributed by atoms with Crippen LogP contribution >= 0.6 is 0 Å². The highest BCUT2D eigenvalue weighted by Gasteiger charge is 2.27. The van der Waals surface area contributed by atoms with E-state index < -0.39 is 6.43 Å². The summed E-state index contributed by atoms with van der Waals surface area (Å²) in [5.41, 5.74) is 2.91. The molecule has 214 valence electrons. The summed E-state index contributed by atoms with van der Waals surface area (Å²) in [4.78, 5) is 30.9. The van der Waals surface area contributed by atoms with Gasteiger partial charge in [0.25, 0.3) is 12.3 Å². The van der Waals surface area contributed by atoms with E-state index in [2.05, 4.69) is 9.88 Å². The molecular formula is C31H34F2N6O2. The molecule has 2 aromatic heterocycles. The SMILES string of the molecule is Cc1cccc(C(=O)N2CC[C@H](CCCc3nc(N4CCOCC4)cc(-n4c(C(F)F)nc5ccccc54)n3)C2)c1. The highest BCUT2D eigenvalue weighted by Crippen LogP contribution is 2.29. The van der Waals surface area contributed by atoms with Crippen LogP contribution in [0.25, 0.3) is 16.9 Å². The molecule has 1 atom stereocenters. The minimum absolute atomic E-state index is 0.0878. The monoisotopic (exact) mass is 560 g/mol. The molecule has 4 aromatic rings. The summed E-state index contributed by atoms with van der Waals surface area (Å²) >= 11 is 0. The molecule has 0 spiro atoms. The van der Waals surface area contributed by atoms with E-state index in [4.69, 9.17) is 14.7 Å². The van der Waals surface area contributed by atoms with Crippen LogP contribution in [-0.2, 0) is 11.2 Å². The summed E-state index contributed by atoms with van der Waals surface area (Å²) in [5, 5.41) is 0. The maximum Gasteiger partial charge on any atom is 0.296 e. The molecule has 10 heteroatoms. The van der Waals surface area contributed by atoms with E-state index >= 15 is 0 Å². The summed E-state index contributed by atoms with van der Waals surface area (Å²) in [6.45, 7) is 6.02. The fourth-order valence-electron chi connectivity index (χ4n) is 5.84. The van der Waals surface area contributed by atoms with E-state index in [1.165, 1.54) is 4.57 Å². The number of morpholine rings is 1. The molecule has 0 N–H and O–H groups in total. The molecule has 0 aliphatic carbocycles. The normalized spacial score (nSPS) is 17.6. The average Bonchev–Trinajstić information content (AvgIpc) is 3.62. The highest BCUT2D eigenvalue weighted by molar-refractivity contribution is 5.94. The second-order valence-corrected chi connectivity index (χ2v) is 10.9. The molecule has 41 heavy (non-hydrogen) atoms. The minimum atomic E-state index is -2.75. The molecule has 2 aliphatic rings. The lowest BCUT2D eigenvalue weighted by Gasteiger charge is -2.28. The number of para-hydroxylation sites is 2. The number of rotatable bonds is 8. The van der Waals surface area contributed by atoms with Crippen molar-refractivity contribution in [2.75, 3.05) is 44.3 Å². The molecule has 8 nitrogen and oxygen atoms in total. The van der Waals surface area contributed by atoms with Gasteiger partial charge in [-0.3, -0.25) is 9.36 Å². The van der Waals surface area contributed by atoms with Gasteiger partial charge in [-0.05, 0) is 56.4 Å². The van der Waals surface area contributed by atoms with Gasteiger partial charge in [0, 0.05) is 44.2 Å². The zero-order chi connectivity index (χ0) is 28.3. The van der Waals surface area contributed by atoms with Crippen molar-refractivity contribution < 1.29 is 18.3 Å². The zero-order valence-electron chi connectivity index (χ0n) is 23.2. The van der Waals surface area contributed by atoms with Crippen molar-refractivity contribution >= 4 is 22.8 Å². The maximum absolute atomic E-state index is 14.1. The van der Waals surface area contributed by atoms with Crippen LogP contribution in [0.4, 0.5) is 14.6 Å². The predicted molar refractivity (Wildman–Crippen MR) is 153 cm³/mol. The third kappa shape index (κ3) is 5.93. The van der Waals surface area contributed by atoms with Gasteiger partial charge < -0.3 is 14.5 Å². The Hall–Kier alpha value is -3.92. The van der Waals surface area contributed by atoms with Gasteiger partial charge in [-0.2, -0.15) is 0 Å². The van der Waals surface area contributed by atoms with Gasteiger partial charge in [0.15, 0.2) is 5.82 Å². The maximum atomic E-state index is 14.1. The number of aryl methyl sites for hydroxylation is 2. The number of fused-ring (bicyclic) bond motifs is 1. The van der Waals surface area contributed by atoms with E-state index in [9.17, 15) is 13.6 Å². The van der Waals surface area contributed by atoms with Crippen LogP contribution in [0, 0.1) is 12.8 Å². The van der Waals surface area contributed by atoms with Crippen molar-refractivity contribution in [2.45, 2.75) is 39.0 Å². The standard InChI is InChI=1S/C31H34F2N6O2/c1-21-6-4-8-23(18-21)31(40)38-13-12-22(20-38)7-5-11-26-35-27(37-14-16-41-17-15-37)19-28(36-26)39-25-10-3-2-9-24(25)34-30(39)29(32)33/h2-4,6,8-10,18-19,22,29H,5,7,11-17,20H2,1H3/t22-/m0/s1. The van der Waals surface area contributed by atoms with Gasteiger partial charge in [0.2, 0.25) is 0 Å². The molecule has 0 bridgehead atoms. The van der Waals surface area contributed by atoms with E-state index in [1.54, 1.807) is 24.3 Å². The van der Waals surface area contributed by atoms with Crippen molar-refractivity contribution in [1.82, 2.24) is 24.4 Å². The predicted octanol–water partition coefficient (Wildman–Crippen LogP) is 5.38. The molecule has 2 aromatic carbocycles. The van der Waals surface area contributed by atoms with Crippen molar-refractivity contribution in [1.29, 1.82) is 0 Å². The number of carbonyl (C=O) groups is 1. The van der Waals surface area contributed by atoms with Gasteiger partial charge in [-0.1, -0.05) is 29.8 Å². The first-order valence-electron chi connectivity index (χ1n) is 14.3. The number of hydrogen-bond acceptors (Lipinski definition) is 6. The third-order valence-corrected chi connectivity index (χ3v) is 7.94. The first-order chi connectivity index (χ1) is 20.0. The van der Waals surface area contributed by atoms with Crippen molar-refractivity contribution in [2.24, 2.45) is 5.92 Å². The van der Waals surface area contributed by atoms with Gasteiger partial charge >= 0.3 is 0 Å². The summed E-state index contributed by atoms with van der Waals surface area (Å²) in [7, 11) is 0. The topological polar surface area (TPSA) is 76.4 Å². The molecule has 2 saturated heterocycles. The van der Waals surface area contributed by atoms with E-state index in [0.717, 1.165) is 43.5 Å². The Morgan fingerprint density at radius 1 is 1.00 bits per heavy atom.